The Kier molecular flexibility index (Phi) is 5.70. The molecule has 0 unspecified atom stereocenters. The Morgan fingerprint density at radius 3 is 2.20 bits per heavy atom. The minimum absolute atomic E-state index is 0.00625. The maximum atomic E-state index is 12.5. The summed E-state index contributed by atoms with van der Waals surface area (Å²) in [4.78, 5) is 28.9. The lowest BCUT2D eigenvalue weighted by molar-refractivity contribution is -0.124. The highest BCUT2D eigenvalue weighted by Crippen LogP contribution is 2.22. The predicted molar refractivity (Wildman–Crippen MR) is 116 cm³/mol. The number of nitrogens with one attached hydrogen (secondary N) is 3. The molecule has 1 aliphatic heterocycles. The smallest absolute Gasteiger partial charge is 0.249 e. The van der Waals surface area contributed by atoms with Crippen LogP contribution >= 0.6 is 0 Å². The van der Waals surface area contributed by atoms with E-state index in [9.17, 15) is 9.59 Å². The third-order valence-corrected chi connectivity index (χ3v) is 4.36. The highest BCUT2D eigenvalue weighted by atomic mass is 16.5. The molecule has 2 amide bonds. The molecular weight excluding hydrogens is 380 g/mol. The van der Waals surface area contributed by atoms with Crippen molar-refractivity contribution in [3.8, 4) is 11.5 Å². The van der Waals surface area contributed by atoms with Gasteiger partial charge in [0, 0.05) is 11.4 Å². The van der Waals surface area contributed by atoms with Crippen molar-refractivity contribution in [2.45, 2.75) is 12.5 Å². The SMILES string of the molecule is O=C1C[C@@H](C(=O)Nc2ccccc2)N=C(Nc2ccc(Oc3ccccc3)cc2)N1. The largest absolute Gasteiger partial charge is 0.457 e. The van der Waals surface area contributed by atoms with E-state index in [-0.39, 0.29) is 24.2 Å². The van der Waals surface area contributed by atoms with Gasteiger partial charge in [0.1, 0.15) is 17.5 Å². The van der Waals surface area contributed by atoms with Gasteiger partial charge in [-0.3, -0.25) is 14.9 Å². The van der Waals surface area contributed by atoms with Gasteiger partial charge in [-0.25, -0.2) is 4.99 Å². The molecule has 1 atom stereocenters. The molecule has 1 aliphatic rings. The Hall–Kier alpha value is -4.13. The highest BCUT2D eigenvalue weighted by molar-refractivity contribution is 6.10. The van der Waals surface area contributed by atoms with Crippen LogP contribution < -0.4 is 20.7 Å². The number of amides is 2. The fourth-order valence-corrected chi connectivity index (χ4v) is 2.92. The van der Waals surface area contributed by atoms with Crippen molar-refractivity contribution in [1.29, 1.82) is 0 Å². The predicted octanol–water partition coefficient (Wildman–Crippen LogP) is 3.77. The van der Waals surface area contributed by atoms with Crippen LogP contribution in [0.4, 0.5) is 11.4 Å². The van der Waals surface area contributed by atoms with Crippen molar-refractivity contribution in [2.24, 2.45) is 4.99 Å². The van der Waals surface area contributed by atoms with Gasteiger partial charge in [-0.1, -0.05) is 36.4 Å². The molecule has 0 saturated heterocycles. The molecule has 3 N–H and O–H groups in total. The van der Waals surface area contributed by atoms with Crippen LogP contribution in [-0.2, 0) is 9.59 Å². The van der Waals surface area contributed by atoms with Gasteiger partial charge in [0.25, 0.3) is 0 Å². The monoisotopic (exact) mass is 400 g/mol. The van der Waals surface area contributed by atoms with Crippen LogP contribution in [0.5, 0.6) is 11.5 Å². The third-order valence-electron chi connectivity index (χ3n) is 4.36. The Balaban J connectivity index is 1.41. The van der Waals surface area contributed by atoms with E-state index in [2.05, 4.69) is 20.9 Å². The Labute approximate surface area is 173 Å². The molecule has 30 heavy (non-hydrogen) atoms. The molecule has 0 aromatic heterocycles. The van der Waals surface area contributed by atoms with Crippen molar-refractivity contribution in [2.75, 3.05) is 10.6 Å². The maximum absolute atomic E-state index is 12.5. The minimum Gasteiger partial charge on any atom is -0.457 e. The fourth-order valence-electron chi connectivity index (χ4n) is 2.92. The number of hydrogen-bond acceptors (Lipinski definition) is 5. The van der Waals surface area contributed by atoms with Crippen molar-refractivity contribution in [3.63, 3.8) is 0 Å². The first-order valence-corrected chi connectivity index (χ1v) is 9.49. The molecule has 1 heterocycles. The van der Waals surface area contributed by atoms with Crippen LogP contribution in [0, 0.1) is 0 Å². The second-order valence-electron chi connectivity index (χ2n) is 6.67. The molecule has 0 spiro atoms. The molecule has 0 saturated carbocycles. The first kappa shape index (κ1) is 19.2. The molecule has 0 aliphatic carbocycles. The number of benzene rings is 3. The summed E-state index contributed by atoms with van der Waals surface area (Å²) >= 11 is 0. The standard InChI is InChI=1S/C23H20N4O3/c28-21-15-20(22(29)24-16-7-3-1-4-8-16)26-23(27-21)25-17-11-13-19(14-12-17)30-18-9-5-2-6-10-18/h1-14,20H,15H2,(H,24,29)(H2,25,26,27,28)/t20-/m0/s1. The highest BCUT2D eigenvalue weighted by Gasteiger charge is 2.27. The number of aliphatic imine (C=N–C) groups is 1. The number of anilines is 2. The van der Waals surface area contributed by atoms with E-state index >= 15 is 0 Å². The number of guanidine groups is 1. The average Bonchev–Trinajstić information content (AvgIpc) is 2.76. The zero-order chi connectivity index (χ0) is 20.8. The van der Waals surface area contributed by atoms with Crippen molar-refractivity contribution < 1.29 is 14.3 Å². The van der Waals surface area contributed by atoms with E-state index in [1.54, 1.807) is 36.4 Å². The number of carbonyl (C=O) groups is 2. The van der Waals surface area contributed by atoms with Crippen LogP contribution in [0.1, 0.15) is 6.42 Å². The van der Waals surface area contributed by atoms with Crippen LogP contribution in [-0.4, -0.2) is 23.8 Å². The number of rotatable bonds is 5. The van der Waals surface area contributed by atoms with Gasteiger partial charge in [-0.15, -0.1) is 0 Å². The van der Waals surface area contributed by atoms with Crippen LogP contribution in [0.15, 0.2) is 89.9 Å². The average molecular weight is 400 g/mol. The van der Waals surface area contributed by atoms with Crippen molar-refractivity contribution in [1.82, 2.24) is 5.32 Å². The summed E-state index contributed by atoms with van der Waals surface area (Å²) in [6.45, 7) is 0. The van der Waals surface area contributed by atoms with E-state index < -0.39 is 6.04 Å². The normalized spacial score (nSPS) is 15.5. The van der Waals surface area contributed by atoms with E-state index in [1.807, 2.05) is 48.5 Å². The van der Waals surface area contributed by atoms with Crippen molar-refractivity contribution in [3.05, 3.63) is 84.9 Å². The minimum atomic E-state index is -0.804. The van der Waals surface area contributed by atoms with Gasteiger partial charge < -0.3 is 15.4 Å². The zero-order valence-electron chi connectivity index (χ0n) is 16.0. The topological polar surface area (TPSA) is 91.8 Å². The lowest BCUT2D eigenvalue weighted by atomic mass is 10.1. The molecule has 4 rings (SSSR count). The van der Waals surface area contributed by atoms with E-state index in [0.717, 1.165) is 5.75 Å². The number of carbonyl (C=O) groups excluding carboxylic acids is 2. The van der Waals surface area contributed by atoms with Crippen LogP contribution in [0.2, 0.25) is 0 Å². The molecule has 0 fully saturated rings. The quantitative estimate of drug-likeness (QED) is 0.608. The Bertz CT molecular complexity index is 1050. The summed E-state index contributed by atoms with van der Waals surface area (Å²) in [6.07, 6.45) is -0.00625. The van der Waals surface area contributed by atoms with Gasteiger partial charge in [0.15, 0.2) is 0 Å². The van der Waals surface area contributed by atoms with Gasteiger partial charge in [-0.2, -0.15) is 0 Å². The number of nitrogens with zero attached hydrogens (tertiary/aromatic N) is 1. The Morgan fingerprint density at radius 1 is 0.867 bits per heavy atom. The van der Waals surface area contributed by atoms with Gasteiger partial charge >= 0.3 is 0 Å². The first-order chi connectivity index (χ1) is 14.7. The third kappa shape index (κ3) is 5.02. The molecule has 3 aromatic carbocycles. The zero-order valence-corrected chi connectivity index (χ0v) is 16.0. The van der Waals surface area contributed by atoms with Crippen LogP contribution in [0.3, 0.4) is 0 Å². The summed E-state index contributed by atoms with van der Waals surface area (Å²) in [5.41, 5.74) is 1.37. The fraction of sp³-hybridized carbons (Fsp3) is 0.0870. The van der Waals surface area contributed by atoms with Gasteiger partial charge in [0.05, 0.1) is 6.42 Å². The van der Waals surface area contributed by atoms with Crippen LogP contribution in [0.25, 0.3) is 0 Å². The summed E-state index contributed by atoms with van der Waals surface area (Å²) in [6, 6.07) is 25.0. The van der Waals surface area contributed by atoms with E-state index in [1.165, 1.54) is 0 Å². The lowest BCUT2D eigenvalue weighted by Crippen LogP contribution is -2.45. The summed E-state index contributed by atoms with van der Waals surface area (Å²) in [7, 11) is 0. The Morgan fingerprint density at radius 2 is 1.50 bits per heavy atom. The first-order valence-electron chi connectivity index (χ1n) is 9.49. The molecule has 150 valence electrons. The second-order valence-corrected chi connectivity index (χ2v) is 6.67. The molecule has 0 radical (unpaired) electrons. The second kappa shape index (κ2) is 8.91. The summed E-state index contributed by atoms with van der Waals surface area (Å²) < 4.78 is 5.76. The van der Waals surface area contributed by atoms with Gasteiger partial charge in [0.2, 0.25) is 17.8 Å². The molecule has 7 nitrogen and oxygen atoms in total. The van der Waals surface area contributed by atoms with Crippen molar-refractivity contribution >= 4 is 29.1 Å². The molecule has 0 bridgehead atoms. The van der Waals surface area contributed by atoms with Gasteiger partial charge in [-0.05, 0) is 48.5 Å². The molecular formula is C23H20N4O3. The molecule has 7 heteroatoms. The number of para-hydroxylation sites is 2. The number of hydrogen-bond donors (Lipinski definition) is 3. The van der Waals surface area contributed by atoms with E-state index in [4.69, 9.17) is 4.74 Å². The van der Waals surface area contributed by atoms with E-state index in [0.29, 0.717) is 17.1 Å². The molecule has 3 aromatic rings. The maximum Gasteiger partial charge on any atom is 0.249 e. The summed E-state index contributed by atoms with van der Waals surface area (Å²) in [5, 5.41) is 8.47. The summed E-state index contributed by atoms with van der Waals surface area (Å²) in [5.74, 6) is 1.05. The lowest BCUT2D eigenvalue weighted by Gasteiger charge is -2.21. The number of ether oxygens (including phenoxy) is 1.